The van der Waals surface area contributed by atoms with E-state index in [0.717, 1.165) is 6.54 Å². The predicted octanol–water partition coefficient (Wildman–Crippen LogP) is 0.421. The summed E-state index contributed by atoms with van der Waals surface area (Å²) in [7, 11) is 2.10. The fraction of sp³-hybridized carbons (Fsp3) is 0.600. The van der Waals surface area contributed by atoms with E-state index < -0.39 is 0 Å². The molecular weight excluding hydrogens is 268 g/mol. The predicted molar refractivity (Wildman–Crippen MR) is 83.0 cm³/mol. The van der Waals surface area contributed by atoms with Crippen molar-refractivity contribution in [1.82, 2.24) is 14.8 Å². The van der Waals surface area contributed by atoms with Gasteiger partial charge in [-0.15, -0.1) is 0 Å². The molecule has 116 valence electrons. The minimum atomic E-state index is -0.220. The Morgan fingerprint density at radius 2 is 2.14 bits per heavy atom. The van der Waals surface area contributed by atoms with Gasteiger partial charge in [0.15, 0.2) is 0 Å². The fourth-order valence-corrected chi connectivity index (χ4v) is 2.78. The second-order valence-electron chi connectivity index (χ2n) is 5.70. The molecule has 1 heterocycles. The third kappa shape index (κ3) is 4.60. The minimum Gasteiger partial charge on any atom is -0.398 e. The number of rotatable bonds is 6. The second kappa shape index (κ2) is 7.26. The summed E-state index contributed by atoms with van der Waals surface area (Å²) in [5, 5.41) is 2.85. The number of pyridine rings is 1. The Labute approximate surface area is 124 Å². The van der Waals surface area contributed by atoms with Crippen molar-refractivity contribution in [1.29, 1.82) is 0 Å². The maximum atomic E-state index is 11.8. The largest absolute Gasteiger partial charge is 0.398 e. The molecule has 6 heteroatoms. The van der Waals surface area contributed by atoms with E-state index >= 15 is 0 Å². The zero-order valence-electron chi connectivity index (χ0n) is 12.5. The van der Waals surface area contributed by atoms with E-state index in [0.29, 0.717) is 18.3 Å². The smallest absolute Gasteiger partial charge is 0.251 e. The number of likely N-dealkylation sites (N-methyl/N-ethyl adjacent to an activating group) is 1. The lowest BCUT2D eigenvalue weighted by molar-refractivity contribution is -0.121. The van der Waals surface area contributed by atoms with Crippen molar-refractivity contribution in [2.24, 2.45) is 0 Å². The molecule has 1 aliphatic carbocycles. The average Bonchev–Trinajstić information content (AvgIpc) is 2.97. The van der Waals surface area contributed by atoms with Gasteiger partial charge >= 0.3 is 0 Å². The molecule has 1 saturated carbocycles. The standard InChI is InChI=1S/C15H24N4O2/c1-18(13-4-2-3-5-13)9-8-17-14(20)11-19-10-12(16)6-7-15(19)21/h6-7,10,13H,2-5,8-9,11,16H2,1H3,(H,17,20). The second-order valence-corrected chi connectivity index (χ2v) is 5.70. The molecular formula is C15H24N4O2. The van der Waals surface area contributed by atoms with Gasteiger partial charge in [0, 0.05) is 37.1 Å². The van der Waals surface area contributed by atoms with Crippen LogP contribution in [0.25, 0.3) is 0 Å². The normalized spacial score (nSPS) is 15.5. The van der Waals surface area contributed by atoms with Crippen LogP contribution in [0.4, 0.5) is 5.69 Å². The van der Waals surface area contributed by atoms with Gasteiger partial charge in [0.2, 0.25) is 5.91 Å². The van der Waals surface area contributed by atoms with Crippen molar-refractivity contribution >= 4 is 11.6 Å². The molecule has 3 N–H and O–H groups in total. The summed E-state index contributed by atoms with van der Waals surface area (Å²) in [5.74, 6) is -0.164. The Balaban J connectivity index is 1.74. The van der Waals surface area contributed by atoms with Crippen LogP contribution in [0.1, 0.15) is 25.7 Å². The third-order valence-electron chi connectivity index (χ3n) is 4.06. The average molecular weight is 292 g/mol. The van der Waals surface area contributed by atoms with Gasteiger partial charge in [-0.05, 0) is 26.0 Å². The monoisotopic (exact) mass is 292 g/mol. The van der Waals surface area contributed by atoms with E-state index in [1.54, 1.807) is 0 Å². The molecule has 0 atom stereocenters. The first-order chi connectivity index (χ1) is 10.1. The molecule has 1 aliphatic rings. The molecule has 1 amide bonds. The molecule has 0 radical (unpaired) electrons. The molecule has 1 aromatic rings. The fourth-order valence-electron chi connectivity index (χ4n) is 2.78. The van der Waals surface area contributed by atoms with Crippen LogP contribution in [-0.2, 0) is 11.3 Å². The van der Waals surface area contributed by atoms with Gasteiger partial charge in [0.05, 0.1) is 0 Å². The maximum absolute atomic E-state index is 11.8. The van der Waals surface area contributed by atoms with E-state index in [1.807, 2.05) is 0 Å². The molecule has 0 bridgehead atoms. The number of nitrogens with two attached hydrogens (primary N) is 1. The van der Waals surface area contributed by atoms with Gasteiger partial charge in [0.1, 0.15) is 6.54 Å². The van der Waals surface area contributed by atoms with Crippen molar-refractivity contribution in [2.75, 3.05) is 25.9 Å². The lowest BCUT2D eigenvalue weighted by Gasteiger charge is -2.23. The molecule has 1 fully saturated rings. The van der Waals surface area contributed by atoms with Gasteiger partial charge in [-0.1, -0.05) is 12.8 Å². The van der Waals surface area contributed by atoms with Crippen molar-refractivity contribution < 1.29 is 4.79 Å². The number of hydrogen-bond acceptors (Lipinski definition) is 4. The quantitative estimate of drug-likeness (QED) is 0.796. The van der Waals surface area contributed by atoms with Crippen molar-refractivity contribution in [3.05, 3.63) is 28.7 Å². The van der Waals surface area contributed by atoms with Crippen molar-refractivity contribution in [3.8, 4) is 0 Å². The molecule has 2 rings (SSSR count). The van der Waals surface area contributed by atoms with Gasteiger partial charge in [-0.3, -0.25) is 9.59 Å². The number of carbonyl (C=O) groups is 1. The van der Waals surface area contributed by atoms with E-state index in [9.17, 15) is 9.59 Å². The summed E-state index contributed by atoms with van der Waals surface area (Å²) in [6.07, 6.45) is 6.61. The zero-order chi connectivity index (χ0) is 15.2. The Morgan fingerprint density at radius 1 is 1.43 bits per heavy atom. The summed E-state index contributed by atoms with van der Waals surface area (Å²) in [6.45, 7) is 1.45. The molecule has 0 spiro atoms. The lowest BCUT2D eigenvalue weighted by atomic mass is 10.2. The maximum Gasteiger partial charge on any atom is 0.251 e. The summed E-state index contributed by atoms with van der Waals surface area (Å²) in [4.78, 5) is 25.7. The number of aromatic nitrogens is 1. The first-order valence-corrected chi connectivity index (χ1v) is 7.49. The van der Waals surface area contributed by atoms with E-state index in [1.165, 1.54) is 48.6 Å². The summed E-state index contributed by atoms with van der Waals surface area (Å²) in [6, 6.07) is 3.56. The van der Waals surface area contributed by atoms with Crippen LogP contribution in [0.5, 0.6) is 0 Å². The van der Waals surface area contributed by atoms with Crippen molar-refractivity contribution in [3.63, 3.8) is 0 Å². The minimum absolute atomic E-state index is 0.0109. The number of nitrogens with zero attached hydrogens (tertiary/aromatic N) is 2. The lowest BCUT2D eigenvalue weighted by Crippen LogP contribution is -2.39. The van der Waals surface area contributed by atoms with Crippen LogP contribution in [0.15, 0.2) is 23.1 Å². The Morgan fingerprint density at radius 3 is 2.86 bits per heavy atom. The van der Waals surface area contributed by atoms with Crippen LogP contribution in [-0.4, -0.2) is 41.6 Å². The van der Waals surface area contributed by atoms with Gasteiger partial charge in [-0.2, -0.15) is 0 Å². The summed E-state index contributed by atoms with van der Waals surface area (Å²) in [5.41, 5.74) is 5.87. The van der Waals surface area contributed by atoms with E-state index in [2.05, 4.69) is 17.3 Å². The van der Waals surface area contributed by atoms with Gasteiger partial charge < -0.3 is 20.5 Å². The number of amides is 1. The van der Waals surface area contributed by atoms with E-state index in [4.69, 9.17) is 5.73 Å². The highest BCUT2D eigenvalue weighted by atomic mass is 16.2. The number of anilines is 1. The highest BCUT2D eigenvalue weighted by Crippen LogP contribution is 2.21. The summed E-state index contributed by atoms with van der Waals surface area (Å²) < 4.78 is 1.32. The number of carbonyl (C=O) groups excluding carboxylic acids is 1. The Kier molecular flexibility index (Phi) is 5.38. The van der Waals surface area contributed by atoms with Gasteiger partial charge in [-0.25, -0.2) is 0 Å². The first kappa shape index (κ1) is 15.6. The third-order valence-corrected chi connectivity index (χ3v) is 4.06. The Bertz CT molecular complexity index is 535. The van der Waals surface area contributed by atoms with Crippen LogP contribution in [0.2, 0.25) is 0 Å². The van der Waals surface area contributed by atoms with Crippen LogP contribution in [0, 0.1) is 0 Å². The molecule has 1 aromatic heterocycles. The highest BCUT2D eigenvalue weighted by molar-refractivity contribution is 5.75. The van der Waals surface area contributed by atoms with Crippen LogP contribution < -0.4 is 16.6 Å². The van der Waals surface area contributed by atoms with Crippen LogP contribution >= 0.6 is 0 Å². The highest BCUT2D eigenvalue weighted by Gasteiger charge is 2.18. The SMILES string of the molecule is CN(CCNC(=O)Cn1cc(N)ccc1=O)C1CCCC1. The molecule has 21 heavy (non-hydrogen) atoms. The molecule has 0 aromatic carbocycles. The number of hydrogen-bond donors (Lipinski definition) is 2. The molecule has 0 saturated heterocycles. The van der Waals surface area contributed by atoms with Crippen LogP contribution in [0.3, 0.4) is 0 Å². The zero-order valence-corrected chi connectivity index (χ0v) is 12.5. The number of nitrogen functional groups attached to an aromatic ring is 1. The summed E-state index contributed by atoms with van der Waals surface area (Å²) >= 11 is 0. The molecule has 0 aliphatic heterocycles. The first-order valence-electron chi connectivity index (χ1n) is 7.49. The Hall–Kier alpha value is -1.82. The number of nitrogens with one attached hydrogen (secondary N) is 1. The van der Waals surface area contributed by atoms with Gasteiger partial charge in [0.25, 0.3) is 5.56 Å². The van der Waals surface area contributed by atoms with Crippen molar-refractivity contribution in [2.45, 2.75) is 38.3 Å². The van der Waals surface area contributed by atoms with E-state index in [-0.39, 0.29) is 18.0 Å². The topological polar surface area (TPSA) is 80.4 Å². The molecule has 6 nitrogen and oxygen atoms in total. The molecule has 0 unspecified atom stereocenters.